The Labute approximate surface area is 125 Å². The number of hydrogen-bond acceptors (Lipinski definition) is 4. The van der Waals surface area contributed by atoms with Crippen molar-refractivity contribution in [3.8, 4) is 0 Å². The van der Waals surface area contributed by atoms with Crippen LogP contribution >= 0.6 is 0 Å². The van der Waals surface area contributed by atoms with Gasteiger partial charge in [0.25, 0.3) is 17.4 Å². The first-order valence-corrected chi connectivity index (χ1v) is 6.74. The lowest BCUT2D eigenvalue weighted by atomic mass is 10.1. The lowest BCUT2D eigenvalue weighted by molar-refractivity contribution is 0.0951. The van der Waals surface area contributed by atoms with Gasteiger partial charge in [0, 0.05) is 18.8 Å². The molecule has 0 bridgehead atoms. The van der Waals surface area contributed by atoms with Gasteiger partial charge in [-0.1, -0.05) is 18.2 Å². The lowest BCUT2D eigenvalue weighted by Gasteiger charge is -2.11. The molecule has 0 saturated heterocycles. The predicted molar refractivity (Wildman–Crippen MR) is 83.7 cm³/mol. The normalized spacial score (nSPS) is 13.2. The van der Waals surface area contributed by atoms with Gasteiger partial charge in [-0.2, -0.15) is 0 Å². The van der Waals surface area contributed by atoms with Crippen molar-refractivity contribution in [1.29, 1.82) is 0 Å². The fourth-order valence-electron chi connectivity index (χ4n) is 2.39. The van der Waals surface area contributed by atoms with Crippen molar-refractivity contribution >= 4 is 28.9 Å². The number of amides is 1. The number of nitrogens with zero attached hydrogens (tertiary/aromatic N) is 2. The molecule has 0 saturated carbocycles. The number of benzene rings is 1. The van der Waals surface area contributed by atoms with Crippen LogP contribution in [0.1, 0.15) is 15.2 Å². The quantitative estimate of drug-likeness (QED) is 0.898. The molecule has 0 atom stereocenters. The Kier molecular flexibility index (Phi) is 3.42. The van der Waals surface area contributed by atoms with Gasteiger partial charge in [0.05, 0.1) is 12.1 Å². The number of carbonyl (C=O) groups is 2. The molecule has 0 spiro atoms. The number of rotatable bonds is 2. The van der Waals surface area contributed by atoms with Gasteiger partial charge in [-0.3, -0.25) is 19.4 Å². The van der Waals surface area contributed by atoms with E-state index in [-0.39, 0.29) is 12.1 Å². The minimum absolute atomic E-state index is 0.0611. The van der Waals surface area contributed by atoms with Gasteiger partial charge in [0.1, 0.15) is 5.56 Å². The zero-order chi connectivity index (χ0) is 15.7. The topological polar surface area (TPSA) is 80.5 Å². The third-order valence-corrected chi connectivity index (χ3v) is 3.50. The van der Waals surface area contributed by atoms with Crippen molar-refractivity contribution in [2.24, 2.45) is 4.99 Å². The molecule has 1 amide bonds. The lowest BCUT2D eigenvalue weighted by Crippen LogP contribution is -2.35. The molecule has 1 aliphatic heterocycles. The van der Waals surface area contributed by atoms with E-state index in [1.165, 1.54) is 19.3 Å². The first-order chi connectivity index (χ1) is 10.6. The van der Waals surface area contributed by atoms with Gasteiger partial charge < -0.3 is 5.32 Å². The van der Waals surface area contributed by atoms with E-state index in [0.29, 0.717) is 16.5 Å². The molecular formula is C16H13N3O3. The highest BCUT2D eigenvalue weighted by molar-refractivity contribution is 6.06. The molecule has 2 aromatic rings. The minimum atomic E-state index is -0.629. The molecule has 1 N–H and O–H groups in total. The maximum atomic E-state index is 12.6. The van der Waals surface area contributed by atoms with Crippen LogP contribution in [-0.2, 0) is 0 Å². The summed E-state index contributed by atoms with van der Waals surface area (Å²) in [4.78, 5) is 41.1. The van der Waals surface area contributed by atoms with Crippen molar-refractivity contribution < 1.29 is 9.59 Å². The molecule has 1 aromatic carbocycles. The van der Waals surface area contributed by atoms with E-state index in [9.17, 15) is 14.4 Å². The largest absolute Gasteiger partial charge is 0.355 e. The molecule has 6 nitrogen and oxygen atoms in total. The average Bonchev–Trinajstić information content (AvgIpc) is 3.07. The van der Waals surface area contributed by atoms with E-state index in [1.54, 1.807) is 30.3 Å². The van der Waals surface area contributed by atoms with Gasteiger partial charge in [0.2, 0.25) is 0 Å². The van der Waals surface area contributed by atoms with Crippen molar-refractivity contribution in [2.75, 3.05) is 13.6 Å². The summed E-state index contributed by atoms with van der Waals surface area (Å²) in [5.41, 5.74) is 0.198. The minimum Gasteiger partial charge on any atom is -0.355 e. The number of pyridine rings is 1. The summed E-state index contributed by atoms with van der Waals surface area (Å²) >= 11 is 0. The summed E-state index contributed by atoms with van der Waals surface area (Å²) in [6.45, 7) is 0.240. The average molecular weight is 295 g/mol. The number of allylic oxidation sites excluding steroid dienone is 1. The van der Waals surface area contributed by atoms with Gasteiger partial charge in [-0.05, 0) is 23.6 Å². The maximum Gasteiger partial charge on any atom is 0.270 e. The molecule has 0 unspecified atom stereocenters. The molecular weight excluding hydrogens is 282 g/mol. The summed E-state index contributed by atoms with van der Waals surface area (Å²) in [7, 11) is 1.44. The number of nitrogens with one attached hydrogen (secondary N) is 1. The number of fused-ring (bicyclic) bond motifs is 1. The Morgan fingerprint density at radius 3 is 2.73 bits per heavy atom. The van der Waals surface area contributed by atoms with E-state index in [2.05, 4.69) is 10.3 Å². The van der Waals surface area contributed by atoms with Crippen LogP contribution in [0.4, 0.5) is 0 Å². The van der Waals surface area contributed by atoms with E-state index in [0.717, 1.165) is 4.57 Å². The number of hydrogen-bond donors (Lipinski definition) is 1. The number of para-hydroxylation sites is 1. The maximum absolute atomic E-state index is 12.6. The Balaban J connectivity index is 2.31. The molecule has 3 rings (SSSR count). The summed E-state index contributed by atoms with van der Waals surface area (Å²) in [5.74, 6) is -0.974. The highest BCUT2D eigenvalue weighted by Gasteiger charge is 2.21. The molecule has 1 aromatic heterocycles. The molecule has 0 aliphatic carbocycles. The third-order valence-electron chi connectivity index (χ3n) is 3.50. The standard InChI is InChI=1S/C16H13N3O3/c1-17-14(20)12-8-10-4-2-3-5-13(10)19(16(12)22)15(21)11-6-7-18-9-11/h2-8H,9H2,1H3,(H,17,20). The predicted octanol–water partition coefficient (Wildman–Crippen LogP) is 1.01. The van der Waals surface area contributed by atoms with Gasteiger partial charge in [-0.25, -0.2) is 4.57 Å². The highest BCUT2D eigenvalue weighted by atomic mass is 16.2. The molecule has 22 heavy (non-hydrogen) atoms. The van der Waals surface area contributed by atoms with E-state index < -0.39 is 17.4 Å². The second-order valence-electron chi connectivity index (χ2n) is 4.82. The highest BCUT2D eigenvalue weighted by Crippen LogP contribution is 2.15. The Hall–Kier alpha value is -3.02. The van der Waals surface area contributed by atoms with E-state index >= 15 is 0 Å². The molecule has 6 heteroatoms. The van der Waals surface area contributed by atoms with Crippen molar-refractivity contribution in [1.82, 2.24) is 9.88 Å². The number of aliphatic imine (C=N–C) groups is 1. The van der Waals surface area contributed by atoms with Crippen LogP contribution in [0.25, 0.3) is 10.9 Å². The molecule has 2 heterocycles. The van der Waals surface area contributed by atoms with Gasteiger partial charge in [0.15, 0.2) is 0 Å². The molecule has 1 aliphatic rings. The van der Waals surface area contributed by atoms with Crippen LogP contribution in [-0.4, -0.2) is 36.2 Å². The van der Waals surface area contributed by atoms with Crippen LogP contribution in [0.3, 0.4) is 0 Å². The van der Waals surface area contributed by atoms with E-state index in [4.69, 9.17) is 0 Å². The Bertz CT molecular complexity index is 906. The molecule has 0 fully saturated rings. The smallest absolute Gasteiger partial charge is 0.270 e. The fourth-order valence-corrected chi connectivity index (χ4v) is 2.39. The van der Waals surface area contributed by atoms with Crippen molar-refractivity contribution in [3.05, 3.63) is 57.9 Å². The van der Waals surface area contributed by atoms with Crippen LogP contribution in [0, 0.1) is 0 Å². The Morgan fingerprint density at radius 2 is 2.05 bits per heavy atom. The fraction of sp³-hybridized carbons (Fsp3) is 0.125. The second-order valence-corrected chi connectivity index (χ2v) is 4.82. The van der Waals surface area contributed by atoms with Crippen LogP contribution in [0.15, 0.2) is 51.8 Å². The molecule has 110 valence electrons. The summed E-state index contributed by atoms with van der Waals surface area (Å²) in [6.07, 6.45) is 3.11. The zero-order valence-electron chi connectivity index (χ0n) is 11.9. The summed E-state index contributed by atoms with van der Waals surface area (Å²) in [5, 5.41) is 3.07. The number of aromatic nitrogens is 1. The number of carbonyl (C=O) groups excluding carboxylic acids is 2. The SMILES string of the molecule is CNC(=O)c1cc2ccccc2n(C(=O)C2=CC=NC2)c1=O. The summed E-state index contributed by atoms with van der Waals surface area (Å²) < 4.78 is 1.04. The second kappa shape index (κ2) is 5.40. The van der Waals surface area contributed by atoms with Crippen LogP contribution in [0.5, 0.6) is 0 Å². The first kappa shape index (κ1) is 13.9. The zero-order valence-corrected chi connectivity index (χ0v) is 11.9. The van der Waals surface area contributed by atoms with E-state index in [1.807, 2.05) is 0 Å². The van der Waals surface area contributed by atoms with Gasteiger partial charge >= 0.3 is 0 Å². The third kappa shape index (κ3) is 2.14. The van der Waals surface area contributed by atoms with Crippen LogP contribution < -0.4 is 10.9 Å². The Morgan fingerprint density at radius 1 is 1.27 bits per heavy atom. The first-order valence-electron chi connectivity index (χ1n) is 6.74. The molecule has 0 radical (unpaired) electrons. The summed E-state index contributed by atoms with van der Waals surface area (Å²) in [6, 6.07) is 8.46. The van der Waals surface area contributed by atoms with Crippen molar-refractivity contribution in [2.45, 2.75) is 0 Å². The van der Waals surface area contributed by atoms with Crippen molar-refractivity contribution in [3.63, 3.8) is 0 Å². The van der Waals surface area contributed by atoms with Gasteiger partial charge in [-0.15, -0.1) is 0 Å². The monoisotopic (exact) mass is 295 g/mol. The van der Waals surface area contributed by atoms with Crippen LogP contribution in [0.2, 0.25) is 0 Å².